The largest absolute Gasteiger partial charge is 0.381 e. The van der Waals surface area contributed by atoms with Crippen LogP contribution in [-0.4, -0.2) is 50.2 Å². The molecule has 0 aliphatic carbocycles. The smallest absolute Gasteiger partial charge is 0.234 e. The van der Waals surface area contributed by atoms with Crippen molar-refractivity contribution in [3.8, 4) is 6.07 Å². The van der Waals surface area contributed by atoms with Gasteiger partial charge in [0.1, 0.15) is 0 Å². The Morgan fingerprint density at radius 2 is 2.24 bits per heavy atom. The van der Waals surface area contributed by atoms with Crippen molar-refractivity contribution in [2.75, 3.05) is 33.4 Å². The van der Waals surface area contributed by atoms with Gasteiger partial charge in [-0.2, -0.15) is 5.26 Å². The normalized spacial score (nSPS) is 18.7. The van der Waals surface area contributed by atoms with Gasteiger partial charge >= 0.3 is 0 Å². The summed E-state index contributed by atoms with van der Waals surface area (Å²) in [4.78, 5) is 13.6. The summed E-state index contributed by atoms with van der Waals surface area (Å²) in [6.07, 6.45) is 1.79. The average Bonchev–Trinajstić information content (AvgIpc) is 2.29. The number of rotatable bonds is 5. The van der Waals surface area contributed by atoms with Crippen LogP contribution in [0.25, 0.3) is 0 Å². The predicted molar refractivity (Wildman–Crippen MR) is 64.3 cm³/mol. The molecule has 5 heteroatoms. The minimum absolute atomic E-state index is 0.0320. The molecule has 1 unspecified atom stereocenters. The first kappa shape index (κ1) is 13.9. The van der Waals surface area contributed by atoms with E-state index in [0.29, 0.717) is 13.1 Å². The van der Waals surface area contributed by atoms with Crippen molar-refractivity contribution in [3.63, 3.8) is 0 Å². The van der Waals surface area contributed by atoms with Crippen molar-refractivity contribution in [1.29, 1.82) is 5.26 Å². The number of ether oxygens (including phenoxy) is 1. The van der Waals surface area contributed by atoms with E-state index >= 15 is 0 Å². The highest BCUT2D eigenvalue weighted by molar-refractivity contribution is 5.78. The van der Waals surface area contributed by atoms with Gasteiger partial charge in [0.2, 0.25) is 5.91 Å². The van der Waals surface area contributed by atoms with Gasteiger partial charge in [-0.25, -0.2) is 0 Å². The van der Waals surface area contributed by atoms with Crippen molar-refractivity contribution in [3.05, 3.63) is 0 Å². The molecule has 5 nitrogen and oxygen atoms in total. The van der Waals surface area contributed by atoms with Gasteiger partial charge in [0.15, 0.2) is 0 Å². The van der Waals surface area contributed by atoms with Gasteiger partial charge in [-0.3, -0.25) is 9.69 Å². The number of carbonyl (C=O) groups excluding carboxylic acids is 1. The van der Waals surface area contributed by atoms with Crippen LogP contribution < -0.4 is 5.32 Å². The number of likely N-dealkylation sites (N-methyl/N-ethyl adjacent to an activating group) is 1. The quantitative estimate of drug-likeness (QED) is 0.753. The third-order valence-corrected chi connectivity index (χ3v) is 2.81. The molecular weight excluding hydrogens is 218 g/mol. The van der Waals surface area contributed by atoms with Crippen LogP contribution in [-0.2, 0) is 9.53 Å². The summed E-state index contributed by atoms with van der Waals surface area (Å²) in [7, 11) is 1.86. The van der Waals surface area contributed by atoms with E-state index < -0.39 is 0 Å². The van der Waals surface area contributed by atoms with E-state index in [4.69, 9.17) is 10.00 Å². The Hall–Kier alpha value is -1.12. The van der Waals surface area contributed by atoms with E-state index in [9.17, 15) is 4.79 Å². The molecular formula is C12H21N3O2. The summed E-state index contributed by atoms with van der Waals surface area (Å²) < 4.78 is 5.23. The molecule has 0 aromatic rings. The monoisotopic (exact) mass is 239 g/mol. The van der Waals surface area contributed by atoms with E-state index in [-0.39, 0.29) is 17.9 Å². The van der Waals surface area contributed by atoms with Gasteiger partial charge in [0, 0.05) is 25.8 Å². The van der Waals surface area contributed by atoms with E-state index in [1.54, 1.807) is 0 Å². The number of hydrogen-bond acceptors (Lipinski definition) is 4. The lowest BCUT2D eigenvalue weighted by Gasteiger charge is -2.24. The van der Waals surface area contributed by atoms with Crippen LogP contribution in [0.2, 0.25) is 0 Å². The molecule has 96 valence electrons. The van der Waals surface area contributed by atoms with Crippen molar-refractivity contribution in [2.24, 2.45) is 5.92 Å². The Balaban J connectivity index is 2.21. The molecule has 1 saturated heterocycles. The van der Waals surface area contributed by atoms with Gasteiger partial charge in [-0.05, 0) is 26.8 Å². The summed E-state index contributed by atoms with van der Waals surface area (Å²) in [5.74, 6) is -0.0135. The molecule has 0 bridgehead atoms. The standard InChI is InChI=1S/C12H21N3O2/c1-10(7-13)8-15(2)9-12(16)14-11-3-5-17-6-4-11/h10-11H,3-6,8-9H2,1-2H3,(H,14,16). The highest BCUT2D eigenvalue weighted by Crippen LogP contribution is 2.06. The summed E-state index contributed by atoms with van der Waals surface area (Å²) in [6, 6.07) is 2.41. The number of nitrogens with zero attached hydrogens (tertiary/aromatic N) is 2. The topological polar surface area (TPSA) is 65.4 Å². The fraction of sp³-hybridized carbons (Fsp3) is 0.833. The lowest BCUT2D eigenvalue weighted by Crippen LogP contribution is -2.44. The molecule has 0 saturated carbocycles. The zero-order valence-electron chi connectivity index (χ0n) is 10.6. The first-order chi connectivity index (χ1) is 8.11. The minimum atomic E-state index is -0.0455. The van der Waals surface area contributed by atoms with E-state index in [1.165, 1.54) is 0 Å². The van der Waals surface area contributed by atoms with Gasteiger partial charge in [-0.1, -0.05) is 0 Å². The molecule has 1 fully saturated rings. The maximum atomic E-state index is 11.7. The second kappa shape index (κ2) is 7.25. The van der Waals surface area contributed by atoms with Crippen LogP contribution in [0.4, 0.5) is 0 Å². The van der Waals surface area contributed by atoms with Crippen LogP contribution in [0.15, 0.2) is 0 Å². The Kier molecular flexibility index (Phi) is 5.95. The Labute approximate surface area is 103 Å². The zero-order chi connectivity index (χ0) is 12.7. The van der Waals surface area contributed by atoms with Gasteiger partial charge < -0.3 is 10.1 Å². The maximum absolute atomic E-state index is 11.7. The SMILES string of the molecule is CC(C#N)CN(C)CC(=O)NC1CCOCC1. The van der Waals surface area contributed by atoms with E-state index in [2.05, 4.69) is 11.4 Å². The highest BCUT2D eigenvalue weighted by atomic mass is 16.5. The lowest BCUT2D eigenvalue weighted by molar-refractivity contribution is -0.123. The molecule has 1 amide bonds. The van der Waals surface area contributed by atoms with E-state index in [0.717, 1.165) is 26.1 Å². The van der Waals surface area contributed by atoms with Crippen LogP contribution in [0.3, 0.4) is 0 Å². The molecule has 0 spiro atoms. The summed E-state index contributed by atoms with van der Waals surface area (Å²) in [5.41, 5.74) is 0. The number of hydrogen-bond donors (Lipinski definition) is 1. The van der Waals surface area contributed by atoms with Crippen LogP contribution in [0.1, 0.15) is 19.8 Å². The fourth-order valence-electron chi connectivity index (χ4n) is 1.93. The molecule has 0 aromatic carbocycles. The van der Waals surface area contributed by atoms with Crippen molar-refractivity contribution >= 4 is 5.91 Å². The summed E-state index contributed by atoms with van der Waals surface area (Å²) in [5, 5.41) is 11.7. The Morgan fingerprint density at radius 1 is 1.59 bits per heavy atom. The number of amides is 1. The molecule has 1 atom stereocenters. The molecule has 1 heterocycles. The Bertz CT molecular complexity index is 282. The number of carbonyl (C=O) groups is 1. The summed E-state index contributed by atoms with van der Waals surface area (Å²) in [6.45, 7) is 4.28. The maximum Gasteiger partial charge on any atom is 0.234 e. The molecule has 17 heavy (non-hydrogen) atoms. The van der Waals surface area contributed by atoms with Gasteiger partial charge in [-0.15, -0.1) is 0 Å². The second-order valence-corrected chi connectivity index (χ2v) is 4.68. The number of nitriles is 1. The average molecular weight is 239 g/mol. The van der Waals surface area contributed by atoms with Crippen molar-refractivity contribution < 1.29 is 9.53 Å². The van der Waals surface area contributed by atoms with Gasteiger partial charge in [0.05, 0.1) is 18.5 Å². The van der Waals surface area contributed by atoms with Crippen LogP contribution >= 0.6 is 0 Å². The first-order valence-corrected chi connectivity index (χ1v) is 6.07. The molecule has 0 aromatic heterocycles. The van der Waals surface area contributed by atoms with Crippen molar-refractivity contribution in [1.82, 2.24) is 10.2 Å². The Morgan fingerprint density at radius 3 is 2.82 bits per heavy atom. The predicted octanol–water partition coefficient (Wildman–Crippen LogP) is 0.373. The molecule has 0 radical (unpaired) electrons. The molecule has 1 N–H and O–H groups in total. The summed E-state index contributed by atoms with van der Waals surface area (Å²) >= 11 is 0. The molecule has 1 rings (SSSR count). The van der Waals surface area contributed by atoms with Gasteiger partial charge in [0.25, 0.3) is 0 Å². The van der Waals surface area contributed by atoms with E-state index in [1.807, 2.05) is 18.9 Å². The fourth-order valence-corrected chi connectivity index (χ4v) is 1.93. The first-order valence-electron chi connectivity index (χ1n) is 6.07. The van der Waals surface area contributed by atoms with Crippen LogP contribution in [0.5, 0.6) is 0 Å². The highest BCUT2D eigenvalue weighted by Gasteiger charge is 2.17. The minimum Gasteiger partial charge on any atom is -0.381 e. The lowest BCUT2D eigenvalue weighted by atomic mass is 10.1. The third kappa shape index (κ3) is 5.66. The van der Waals surface area contributed by atoms with Crippen LogP contribution in [0, 0.1) is 17.2 Å². The van der Waals surface area contributed by atoms with Crippen molar-refractivity contribution in [2.45, 2.75) is 25.8 Å². The second-order valence-electron chi connectivity index (χ2n) is 4.68. The zero-order valence-corrected chi connectivity index (χ0v) is 10.6. The molecule has 1 aliphatic rings. The molecule has 1 aliphatic heterocycles. The number of nitrogens with one attached hydrogen (secondary N) is 1. The third-order valence-electron chi connectivity index (χ3n) is 2.81.